The third-order valence-corrected chi connectivity index (χ3v) is 3.25. The molecule has 0 heterocycles. The van der Waals surface area contributed by atoms with E-state index in [1.165, 1.54) is 6.07 Å². The molecule has 0 aliphatic heterocycles. The largest absolute Gasteiger partial charge is 0.311 e. The molecule has 0 fully saturated rings. The van der Waals surface area contributed by atoms with Crippen LogP contribution in [0.3, 0.4) is 0 Å². The van der Waals surface area contributed by atoms with Crippen LogP contribution < -0.4 is 5.32 Å². The second kappa shape index (κ2) is 4.17. The van der Waals surface area contributed by atoms with Crippen molar-refractivity contribution >= 4 is 27.5 Å². The first-order valence-electron chi connectivity index (χ1n) is 4.23. The van der Waals surface area contributed by atoms with E-state index in [-0.39, 0.29) is 10.8 Å². The van der Waals surface area contributed by atoms with Crippen molar-refractivity contribution in [2.75, 3.05) is 7.05 Å². The topological polar surface area (TPSA) is 12.0 Å². The van der Waals surface area contributed by atoms with Crippen molar-refractivity contribution in [3.05, 3.63) is 33.0 Å². The maximum Gasteiger partial charge on any atom is 0.147 e. The lowest BCUT2D eigenvalue weighted by Gasteiger charge is -2.26. The Balaban J connectivity index is 3.40. The molecule has 1 aromatic carbocycles. The fourth-order valence-corrected chi connectivity index (χ4v) is 2.18. The highest BCUT2D eigenvalue weighted by Gasteiger charge is 2.26. The van der Waals surface area contributed by atoms with Gasteiger partial charge in [0.25, 0.3) is 0 Å². The molecule has 0 aromatic heterocycles. The van der Waals surface area contributed by atoms with Gasteiger partial charge in [0.05, 0.1) is 5.02 Å². The summed E-state index contributed by atoms with van der Waals surface area (Å²) in [5.41, 5.74) is 0.0980. The van der Waals surface area contributed by atoms with Gasteiger partial charge in [0.2, 0.25) is 0 Å². The summed E-state index contributed by atoms with van der Waals surface area (Å²) >= 11 is 9.04. The molecule has 1 rings (SSSR count). The molecule has 0 atom stereocenters. The van der Waals surface area contributed by atoms with E-state index >= 15 is 0 Å². The van der Waals surface area contributed by atoms with Crippen molar-refractivity contribution < 1.29 is 4.39 Å². The first-order valence-corrected chi connectivity index (χ1v) is 5.40. The molecule has 0 amide bonds. The molecule has 14 heavy (non-hydrogen) atoms. The number of rotatable bonds is 2. The first-order chi connectivity index (χ1) is 6.40. The molecule has 0 radical (unpaired) electrons. The highest BCUT2D eigenvalue weighted by molar-refractivity contribution is 9.10. The van der Waals surface area contributed by atoms with Gasteiger partial charge in [-0.3, -0.25) is 0 Å². The summed E-state index contributed by atoms with van der Waals surface area (Å²) in [6.07, 6.45) is 0. The summed E-state index contributed by atoms with van der Waals surface area (Å²) in [5.74, 6) is -0.375. The highest BCUT2D eigenvalue weighted by Crippen LogP contribution is 2.33. The van der Waals surface area contributed by atoms with Crippen molar-refractivity contribution in [2.45, 2.75) is 19.4 Å². The van der Waals surface area contributed by atoms with Gasteiger partial charge >= 0.3 is 0 Å². The molecule has 1 aromatic rings. The Hall–Kier alpha value is -0.120. The molecule has 1 nitrogen and oxygen atoms in total. The van der Waals surface area contributed by atoms with Crippen molar-refractivity contribution in [3.8, 4) is 0 Å². The van der Waals surface area contributed by atoms with Gasteiger partial charge in [-0.2, -0.15) is 0 Å². The number of halogens is 3. The van der Waals surface area contributed by atoms with Gasteiger partial charge in [0.1, 0.15) is 5.82 Å². The monoisotopic (exact) mass is 279 g/mol. The fraction of sp³-hybridized carbons (Fsp3) is 0.400. The number of hydrogen-bond acceptors (Lipinski definition) is 1. The number of benzene rings is 1. The van der Waals surface area contributed by atoms with Crippen LogP contribution in [0.4, 0.5) is 4.39 Å². The van der Waals surface area contributed by atoms with Gasteiger partial charge in [-0.25, -0.2) is 4.39 Å². The van der Waals surface area contributed by atoms with Crippen LogP contribution in [0.25, 0.3) is 0 Å². The summed E-state index contributed by atoms with van der Waals surface area (Å²) in [6.45, 7) is 3.79. The van der Waals surface area contributed by atoms with Gasteiger partial charge in [0, 0.05) is 15.6 Å². The SMILES string of the molecule is CNC(C)(C)c1c(Br)ccc(Cl)c1F. The quantitative estimate of drug-likeness (QED) is 0.815. The van der Waals surface area contributed by atoms with Crippen LogP contribution in [0.15, 0.2) is 16.6 Å². The summed E-state index contributed by atoms with van der Waals surface area (Å²) in [4.78, 5) is 0. The minimum absolute atomic E-state index is 0.145. The van der Waals surface area contributed by atoms with Crippen molar-refractivity contribution in [1.29, 1.82) is 0 Å². The zero-order valence-corrected chi connectivity index (χ0v) is 10.6. The summed E-state index contributed by atoms with van der Waals surface area (Å²) < 4.78 is 14.5. The second-order valence-corrected chi connectivity index (χ2v) is 4.85. The van der Waals surface area contributed by atoms with Crippen LogP contribution in [0, 0.1) is 5.82 Å². The van der Waals surface area contributed by atoms with E-state index in [1.54, 1.807) is 13.1 Å². The lowest BCUT2D eigenvalue weighted by molar-refractivity contribution is 0.417. The van der Waals surface area contributed by atoms with E-state index in [0.29, 0.717) is 5.56 Å². The number of nitrogens with one attached hydrogen (secondary N) is 1. The van der Waals surface area contributed by atoms with E-state index in [0.717, 1.165) is 4.47 Å². The van der Waals surface area contributed by atoms with E-state index in [9.17, 15) is 4.39 Å². The minimum Gasteiger partial charge on any atom is -0.311 e. The predicted octanol–water partition coefficient (Wildman–Crippen LogP) is 3.70. The van der Waals surface area contributed by atoms with E-state index in [1.807, 2.05) is 13.8 Å². The van der Waals surface area contributed by atoms with E-state index in [4.69, 9.17) is 11.6 Å². The average Bonchev–Trinajstić information content (AvgIpc) is 2.12. The zero-order valence-electron chi connectivity index (χ0n) is 8.29. The third-order valence-electron chi connectivity index (χ3n) is 2.29. The zero-order chi connectivity index (χ0) is 10.9. The predicted molar refractivity (Wildman–Crippen MR) is 61.2 cm³/mol. The molecule has 0 aliphatic carbocycles. The Kier molecular flexibility index (Phi) is 3.56. The van der Waals surface area contributed by atoms with Crippen LogP contribution in [0.5, 0.6) is 0 Å². The van der Waals surface area contributed by atoms with Crippen molar-refractivity contribution in [3.63, 3.8) is 0 Å². The molecule has 0 saturated carbocycles. The normalized spacial score (nSPS) is 11.9. The first kappa shape index (κ1) is 12.0. The van der Waals surface area contributed by atoms with Gasteiger partial charge in [-0.15, -0.1) is 0 Å². The van der Waals surface area contributed by atoms with Gasteiger partial charge < -0.3 is 5.32 Å². The Morgan fingerprint density at radius 3 is 2.50 bits per heavy atom. The molecule has 78 valence electrons. The van der Waals surface area contributed by atoms with Gasteiger partial charge in [-0.05, 0) is 33.0 Å². The second-order valence-electron chi connectivity index (χ2n) is 3.59. The molecule has 0 spiro atoms. The average molecular weight is 281 g/mol. The molecular weight excluding hydrogens is 268 g/mol. The highest BCUT2D eigenvalue weighted by atomic mass is 79.9. The van der Waals surface area contributed by atoms with Gasteiger partial charge in [-0.1, -0.05) is 27.5 Å². The third kappa shape index (κ3) is 2.10. The Bertz CT molecular complexity index is 352. The molecular formula is C10H12BrClFN. The molecule has 0 aliphatic rings. The maximum absolute atomic E-state index is 13.7. The summed E-state index contributed by atoms with van der Waals surface area (Å²) in [7, 11) is 1.78. The molecule has 0 unspecified atom stereocenters. The van der Waals surface area contributed by atoms with Crippen LogP contribution in [0.1, 0.15) is 19.4 Å². The Labute approximate surface area is 96.8 Å². The van der Waals surface area contributed by atoms with Crippen molar-refractivity contribution in [1.82, 2.24) is 5.32 Å². The Morgan fingerprint density at radius 2 is 2.00 bits per heavy atom. The van der Waals surface area contributed by atoms with Crippen LogP contribution in [0.2, 0.25) is 5.02 Å². The van der Waals surface area contributed by atoms with Crippen LogP contribution in [-0.2, 0) is 5.54 Å². The van der Waals surface area contributed by atoms with Crippen LogP contribution in [-0.4, -0.2) is 7.05 Å². The maximum atomic E-state index is 13.7. The van der Waals surface area contributed by atoms with Crippen LogP contribution >= 0.6 is 27.5 Å². The molecule has 1 N–H and O–H groups in total. The standard InChI is InChI=1S/C10H12BrClFN/c1-10(2,14-3)8-6(11)4-5-7(12)9(8)13/h4-5,14H,1-3H3. The van der Waals surface area contributed by atoms with Crippen molar-refractivity contribution in [2.24, 2.45) is 0 Å². The lowest BCUT2D eigenvalue weighted by atomic mass is 9.94. The smallest absolute Gasteiger partial charge is 0.147 e. The fourth-order valence-electron chi connectivity index (χ4n) is 1.22. The lowest BCUT2D eigenvalue weighted by Crippen LogP contribution is -2.34. The van der Waals surface area contributed by atoms with E-state index in [2.05, 4.69) is 21.2 Å². The minimum atomic E-state index is -0.451. The van der Waals surface area contributed by atoms with Gasteiger partial charge in [0.15, 0.2) is 0 Å². The summed E-state index contributed by atoms with van der Waals surface area (Å²) in [6, 6.07) is 3.29. The van der Waals surface area contributed by atoms with E-state index < -0.39 is 5.54 Å². The summed E-state index contributed by atoms with van der Waals surface area (Å²) in [5, 5.41) is 3.18. The Morgan fingerprint density at radius 1 is 1.43 bits per heavy atom. The molecule has 4 heteroatoms. The molecule has 0 bridgehead atoms. The number of hydrogen-bond donors (Lipinski definition) is 1. The molecule has 0 saturated heterocycles.